The molecule has 0 spiro atoms. The topological polar surface area (TPSA) is 85.2 Å². The molecule has 0 aliphatic carbocycles. The van der Waals surface area contributed by atoms with Gasteiger partial charge in [0.05, 0.1) is 21.3 Å². The molecule has 0 amide bonds. The van der Waals surface area contributed by atoms with E-state index in [0.717, 1.165) is 11.6 Å². The molecule has 0 bridgehead atoms. The Morgan fingerprint density at radius 2 is 1.67 bits per heavy atom. The van der Waals surface area contributed by atoms with Gasteiger partial charge in [0.15, 0.2) is 17.3 Å². The van der Waals surface area contributed by atoms with Gasteiger partial charge in [0.25, 0.3) is 0 Å². The number of ether oxygens (including phenoxy) is 3. The standard InChI is InChI=1S/C18H18O6/c1-22-12-7-4-11(5-8-12)6-9-13(19)16-14(20)10-15(23-2)17(21)18(16)24-3/h4-10,20-21H,1-3H3. The van der Waals surface area contributed by atoms with Crippen molar-refractivity contribution in [2.75, 3.05) is 21.3 Å². The van der Waals surface area contributed by atoms with Crippen LogP contribution in [0.1, 0.15) is 15.9 Å². The first-order valence-electron chi connectivity index (χ1n) is 7.05. The van der Waals surface area contributed by atoms with E-state index in [1.165, 1.54) is 20.3 Å². The summed E-state index contributed by atoms with van der Waals surface area (Å²) < 4.78 is 15.0. The minimum atomic E-state index is -0.516. The lowest BCUT2D eigenvalue weighted by Crippen LogP contribution is -2.01. The van der Waals surface area contributed by atoms with Crippen LogP contribution >= 0.6 is 0 Å². The molecule has 0 aliphatic rings. The van der Waals surface area contributed by atoms with Gasteiger partial charge in [-0.1, -0.05) is 18.2 Å². The van der Waals surface area contributed by atoms with E-state index in [9.17, 15) is 15.0 Å². The van der Waals surface area contributed by atoms with Crippen LogP contribution in [0.25, 0.3) is 6.08 Å². The van der Waals surface area contributed by atoms with Crippen molar-refractivity contribution in [1.29, 1.82) is 0 Å². The Balaban J connectivity index is 2.35. The highest BCUT2D eigenvalue weighted by Crippen LogP contribution is 2.44. The van der Waals surface area contributed by atoms with Gasteiger partial charge in [-0.05, 0) is 23.8 Å². The molecule has 0 aliphatic heterocycles. The number of methoxy groups -OCH3 is 3. The number of phenolic OH excluding ortho intramolecular Hbond substituents is 2. The number of carbonyl (C=O) groups is 1. The molecule has 0 fully saturated rings. The zero-order valence-corrected chi connectivity index (χ0v) is 13.6. The molecular formula is C18H18O6. The maximum absolute atomic E-state index is 12.4. The monoisotopic (exact) mass is 330 g/mol. The molecule has 24 heavy (non-hydrogen) atoms. The molecule has 0 unspecified atom stereocenters. The lowest BCUT2D eigenvalue weighted by molar-refractivity contribution is 0.104. The normalized spacial score (nSPS) is 10.6. The van der Waals surface area contributed by atoms with Crippen LogP contribution in [0.2, 0.25) is 0 Å². The summed E-state index contributed by atoms with van der Waals surface area (Å²) in [6.07, 6.45) is 2.87. The fourth-order valence-corrected chi connectivity index (χ4v) is 2.17. The van der Waals surface area contributed by atoms with Crippen LogP contribution in [0.5, 0.6) is 28.7 Å². The molecule has 0 atom stereocenters. The zero-order valence-electron chi connectivity index (χ0n) is 13.6. The zero-order chi connectivity index (χ0) is 17.7. The van der Waals surface area contributed by atoms with E-state index in [1.807, 2.05) is 0 Å². The first kappa shape index (κ1) is 17.2. The number of carbonyl (C=O) groups excluding carboxylic acids is 1. The van der Waals surface area contributed by atoms with E-state index < -0.39 is 5.78 Å². The molecule has 0 heterocycles. The lowest BCUT2D eigenvalue weighted by atomic mass is 10.1. The van der Waals surface area contributed by atoms with Crippen LogP contribution in [0.4, 0.5) is 0 Å². The highest BCUT2D eigenvalue weighted by atomic mass is 16.5. The summed E-state index contributed by atoms with van der Waals surface area (Å²) in [4.78, 5) is 12.4. The fourth-order valence-electron chi connectivity index (χ4n) is 2.17. The van der Waals surface area contributed by atoms with Gasteiger partial charge in [-0.25, -0.2) is 0 Å². The van der Waals surface area contributed by atoms with Crippen LogP contribution in [-0.2, 0) is 0 Å². The molecule has 2 rings (SSSR count). The van der Waals surface area contributed by atoms with Crippen molar-refractivity contribution in [3.05, 3.63) is 47.5 Å². The Labute approximate surface area is 139 Å². The maximum atomic E-state index is 12.4. The van der Waals surface area contributed by atoms with Crippen molar-refractivity contribution in [3.8, 4) is 28.7 Å². The number of benzene rings is 2. The van der Waals surface area contributed by atoms with Gasteiger partial charge in [0.1, 0.15) is 17.1 Å². The molecule has 6 heteroatoms. The summed E-state index contributed by atoms with van der Waals surface area (Å²) in [7, 11) is 4.19. The predicted octanol–water partition coefficient (Wildman–Crippen LogP) is 3.02. The van der Waals surface area contributed by atoms with Crippen molar-refractivity contribution < 1.29 is 29.2 Å². The number of phenols is 2. The summed E-state index contributed by atoms with van der Waals surface area (Å²) in [5.74, 6) is -0.628. The Bertz CT molecular complexity index is 762. The second kappa shape index (κ2) is 7.41. The number of ketones is 1. The average Bonchev–Trinajstić information content (AvgIpc) is 2.61. The molecule has 0 saturated carbocycles. The van der Waals surface area contributed by atoms with Crippen LogP contribution in [-0.4, -0.2) is 37.3 Å². The highest BCUT2D eigenvalue weighted by Gasteiger charge is 2.23. The Hall–Kier alpha value is -3.15. The number of aromatic hydroxyl groups is 2. The van der Waals surface area contributed by atoms with Gasteiger partial charge >= 0.3 is 0 Å². The molecule has 6 nitrogen and oxygen atoms in total. The highest BCUT2D eigenvalue weighted by molar-refractivity contribution is 6.11. The van der Waals surface area contributed by atoms with Gasteiger partial charge in [-0.15, -0.1) is 0 Å². The van der Waals surface area contributed by atoms with Crippen LogP contribution in [0.3, 0.4) is 0 Å². The fraction of sp³-hybridized carbons (Fsp3) is 0.167. The minimum absolute atomic E-state index is 0.0139. The second-order valence-corrected chi connectivity index (χ2v) is 4.83. The quantitative estimate of drug-likeness (QED) is 0.481. The van der Waals surface area contributed by atoms with E-state index in [2.05, 4.69) is 0 Å². The van der Waals surface area contributed by atoms with Crippen LogP contribution in [0, 0.1) is 0 Å². The molecular weight excluding hydrogens is 312 g/mol. The predicted molar refractivity (Wildman–Crippen MR) is 89.2 cm³/mol. The number of allylic oxidation sites excluding steroid dienone is 1. The van der Waals surface area contributed by atoms with Crippen LogP contribution in [0.15, 0.2) is 36.4 Å². The first-order chi connectivity index (χ1) is 11.5. The number of hydrogen-bond acceptors (Lipinski definition) is 6. The largest absolute Gasteiger partial charge is 0.507 e. The molecule has 0 saturated heterocycles. The van der Waals surface area contributed by atoms with Crippen molar-refractivity contribution >= 4 is 11.9 Å². The van der Waals surface area contributed by atoms with E-state index >= 15 is 0 Å². The van der Waals surface area contributed by atoms with Crippen molar-refractivity contribution in [3.63, 3.8) is 0 Å². The Kier molecular flexibility index (Phi) is 5.31. The van der Waals surface area contributed by atoms with E-state index in [4.69, 9.17) is 14.2 Å². The first-order valence-corrected chi connectivity index (χ1v) is 7.05. The number of rotatable bonds is 6. The summed E-state index contributed by atoms with van der Waals surface area (Å²) in [6, 6.07) is 8.26. The van der Waals surface area contributed by atoms with Gasteiger partial charge in [-0.2, -0.15) is 0 Å². The Morgan fingerprint density at radius 3 is 2.21 bits per heavy atom. The van der Waals surface area contributed by atoms with Gasteiger partial charge in [0.2, 0.25) is 5.75 Å². The van der Waals surface area contributed by atoms with Crippen molar-refractivity contribution in [2.24, 2.45) is 0 Å². The third kappa shape index (κ3) is 3.43. The second-order valence-electron chi connectivity index (χ2n) is 4.83. The molecule has 0 aromatic heterocycles. The maximum Gasteiger partial charge on any atom is 0.201 e. The third-order valence-electron chi connectivity index (χ3n) is 3.41. The molecule has 0 radical (unpaired) electrons. The van der Waals surface area contributed by atoms with Gasteiger partial charge in [0, 0.05) is 6.07 Å². The SMILES string of the molecule is COc1ccc(C=CC(=O)c2c(O)cc(OC)c(O)c2OC)cc1. The summed E-state index contributed by atoms with van der Waals surface area (Å²) in [5.41, 5.74) is 0.640. The minimum Gasteiger partial charge on any atom is -0.507 e. The Morgan fingerprint density at radius 1 is 1.00 bits per heavy atom. The summed E-state index contributed by atoms with van der Waals surface area (Å²) in [6.45, 7) is 0. The van der Waals surface area contributed by atoms with Gasteiger partial charge in [-0.3, -0.25) is 4.79 Å². The van der Waals surface area contributed by atoms with Crippen molar-refractivity contribution in [1.82, 2.24) is 0 Å². The van der Waals surface area contributed by atoms with Crippen LogP contribution < -0.4 is 14.2 Å². The van der Waals surface area contributed by atoms with E-state index in [-0.39, 0.29) is 28.6 Å². The molecule has 2 aromatic carbocycles. The molecule has 2 N–H and O–H groups in total. The van der Waals surface area contributed by atoms with E-state index in [0.29, 0.717) is 5.75 Å². The van der Waals surface area contributed by atoms with Crippen molar-refractivity contribution in [2.45, 2.75) is 0 Å². The number of hydrogen-bond donors (Lipinski definition) is 2. The summed E-state index contributed by atoms with van der Waals surface area (Å²) in [5, 5.41) is 20.1. The smallest absolute Gasteiger partial charge is 0.201 e. The average molecular weight is 330 g/mol. The summed E-state index contributed by atoms with van der Waals surface area (Å²) >= 11 is 0. The van der Waals surface area contributed by atoms with Gasteiger partial charge < -0.3 is 24.4 Å². The molecule has 2 aromatic rings. The lowest BCUT2D eigenvalue weighted by Gasteiger charge is -2.13. The molecule has 126 valence electrons. The third-order valence-corrected chi connectivity index (χ3v) is 3.41. The van der Waals surface area contributed by atoms with E-state index in [1.54, 1.807) is 37.5 Å².